The molecule has 5 heteroatoms. The molecule has 1 amide bonds. The number of carbonyl (C=O) groups is 1. The average molecular weight is 371 g/mol. The van der Waals surface area contributed by atoms with E-state index in [1.54, 1.807) is 12.1 Å². The maximum absolute atomic E-state index is 13.2. The summed E-state index contributed by atoms with van der Waals surface area (Å²) in [6.07, 6.45) is 0.289. The van der Waals surface area contributed by atoms with Crippen LogP contribution in [-0.2, 0) is 16.1 Å². The quantitative estimate of drug-likeness (QED) is 0.821. The molecule has 1 atom stereocenters. The molecule has 3 rings (SSSR count). The van der Waals surface area contributed by atoms with Crippen LogP contribution in [0.15, 0.2) is 42.5 Å². The maximum atomic E-state index is 13.2. The molecule has 1 aliphatic rings. The van der Waals surface area contributed by atoms with Crippen LogP contribution in [-0.4, -0.2) is 24.8 Å². The zero-order valence-corrected chi connectivity index (χ0v) is 16.0. The van der Waals surface area contributed by atoms with Crippen LogP contribution in [0.4, 0.5) is 9.18 Å². The van der Waals surface area contributed by atoms with E-state index in [0.717, 1.165) is 16.7 Å². The van der Waals surface area contributed by atoms with Crippen molar-refractivity contribution in [3.8, 4) is 11.1 Å². The average Bonchev–Trinajstić information content (AvgIpc) is 2.61. The highest BCUT2D eigenvalue weighted by atomic mass is 19.1. The first-order valence-corrected chi connectivity index (χ1v) is 9.24. The zero-order chi connectivity index (χ0) is 19.4. The first-order chi connectivity index (χ1) is 12.8. The number of hydrogen-bond donors (Lipinski definition) is 1. The van der Waals surface area contributed by atoms with Crippen LogP contribution < -0.4 is 5.32 Å². The van der Waals surface area contributed by atoms with Gasteiger partial charge in [-0.15, -0.1) is 0 Å². The van der Waals surface area contributed by atoms with Crippen molar-refractivity contribution in [2.75, 3.05) is 13.2 Å². The first-order valence-electron chi connectivity index (χ1n) is 9.24. The van der Waals surface area contributed by atoms with Crippen LogP contribution in [0.3, 0.4) is 0 Å². The highest BCUT2D eigenvalue weighted by Gasteiger charge is 2.24. The number of benzene rings is 2. The lowest BCUT2D eigenvalue weighted by Crippen LogP contribution is -2.41. The summed E-state index contributed by atoms with van der Waals surface area (Å²) in [5.74, 6) is -0.0834. The highest BCUT2D eigenvalue weighted by Crippen LogP contribution is 2.35. The Labute approximate surface area is 159 Å². The van der Waals surface area contributed by atoms with Crippen molar-refractivity contribution >= 4 is 6.09 Å². The molecule has 0 fully saturated rings. The number of rotatable bonds is 4. The lowest BCUT2D eigenvalue weighted by Gasteiger charge is -2.28. The van der Waals surface area contributed by atoms with Gasteiger partial charge in [-0.25, -0.2) is 9.18 Å². The van der Waals surface area contributed by atoms with Crippen LogP contribution in [0.1, 0.15) is 44.2 Å². The van der Waals surface area contributed by atoms with E-state index >= 15 is 0 Å². The van der Waals surface area contributed by atoms with E-state index in [2.05, 4.69) is 11.4 Å². The second kappa shape index (κ2) is 8.09. The molecule has 0 aliphatic carbocycles. The maximum Gasteiger partial charge on any atom is 0.407 e. The number of hydrogen-bond acceptors (Lipinski definition) is 3. The van der Waals surface area contributed by atoms with E-state index in [4.69, 9.17) is 9.47 Å². The van der Waals surface area contributed by atoms with Gasteiger partial charge in [-0.1, -0.05) is 30.3 Å². The van der Waals surface area contributed by atoms with Crippen LogP contribution in [0.2, 0.25) is 0 Å². The number of alkyl carbamates (subject to hydrolysis) is 1. The fourth-order valence-corrected chi connectivity index (χ4v) is 3.32. The minimum absolute atomic E-state index is 0.164. The molecule has 0 saturated heterocycles. The van der Waals surface area contributed by atoms with Gasteiger partial charge in [0.15, 0.2) is 0 Å². The molecule has 1 N–H and O–H groups in total. The lowest BCUT2D eigenvalue weighted by atomic mass is 9.86. The highest BCUT2D eigenvalue weighted by molar-refractivity contribution is 5.69. The van der Waals surface area contributed by atoms with Crippen molar-refractivity contribution in [3.63, 3.8) is 0 Å². The number of halogens is 1. The predicted molar refractivity (Wildman–Crippen MR) is 103 cm³/mol. The summed E-state index contributed by atoms with van der Waals surface area (Å²) in [6, 6.07) is 12.7. The Hall–Kier alpha value is -2.40. The summed E-state index contributed by atoms with van der Waals surface area (Å²) in [5, 5.41) is 2.79. The van der Waals surface area contributed by atoms with Crippen molar-refractivity contribution in [3.05, 3.63) is 59.4 Å². The van der Waals surface area contributed by atoms with E-state index in [0.29, 0.717) is 26.2 Å². The van der Waals surface area contributed by atoms with Crippen LogP contribution in [0.5, 0.6) is 0 Å². The number of nitrogens with one attached hydrogen (secondary N) is 1. The smallest absolute Gasteiger partial charge is 0.407 e. The van der Waals surface area contributed by atoms with Gasteiger partial charge >= 0.3 is 6.09 Å². The Balaban J connectivity index is 1.70. The number of carbonyl (C=O) groups excluding carboxylic acids is 1. The van der Waals surface area contributed by atoms with Crippen molar-refractivity contribution < 1.29 is 18.7 Å². The number of ether oxygens (including phenoxy) is 2. The normalized spacial score (nSPS) is 16.5. The predicted octanol–water partition coefficient (Wildman–Crippen LogP) is 5.02. The van der Waals surface area contributed by atoms with Crippen LogP contribution >= 0.6 is 0 Å². The third-order valence-corrected chi connectivity index (χ3v) is 4.55. The Morgan fingerprint density at radius 2 is 1.96 bits per heavy atom. The third-order valence-electron chi connectivity index (χ3n) is 4.55. The molecule has 0 radical (unpaired) electrons. The second-order valence-electron chi connectivity index (χ2n) is 7.89. The van der Waals surface area contributed by atoms with Gasteiger partial charge in [-0.05, 0) is 61.6 Å². The van der Waals surface area contributed by atoms with Gasteiger partial charge in [0.05, 0.1) is 19.8 Å². The standard InChI is InChI=1S/C22H26FNO3/c1-22(2,3)24-21(25)27-12-11-16-13-26-14-20-18(5-4-6-19(16)20)15-7-9-17(23)10-8-15/h4-10,16H,11-14H2,1-3H3,(H,24,25). The van der Waals surface area contributed by atoms with Gasteiger partial charge in [0, 0.05) is 11.5 Å². The molecule has 0 spiro atoms. The molecular formula is C22H26FNO3. The molecule has 2 aromatic rings. The first kappa shape index (κ1) is 19.4. The Morgan fingerprint density at radius 3 is 2.67 bits per heavy atom. The monoisotopic (exact) mass is 371 g/mol. The molecule has 1 unspecified atom stereocenters. The fraction of sp³-hybridized carbons (Fsp3) is 0.409. The van der Waals surface area contributed by atoms with Gasteiger partial charge in [0.1, 0.15) is 5.82 Å². The third kappa shape index (κ3) is 5.07. The number of fused-ring (bicyclic) bond motifs is 1. The largest absolute Gasteiger partial charge is 0.450 e. The summed E-state index contributed by atoms with van der Waals surface area (Å²) in [5.41, 5.74) is 4.05. The van der Waals surface area contributed by atoms with Crippen molar-refractivity contribution in [2.24, 2.45) is 0 Å². The van der Waals surface area contributed by atoms with E-state index < -0.39 is 6.09 Å². The van der Waals surface area contributed by atoms with E-state index in [9.17, 15) is 9.18 Å². The molecule has 144 valence electrons. The molecule has 4 nitrogen and oxygen atoms in total. The van der Waals surface area contributed by atoms with Gasteiger partial charge in [-0.3, -0.25) is 0 Å². The fourth-order valence-electron chi connectivity index (χ4n) is 3.32. The van der Waals surface area contributed by atoms with Gasteiger partial charge in [0.2, 0.25) is 0 Å². The van der Waals surface area contributed by atoms with Crippen molar-refractivity contribution in [2.45, 2.75) is 45.3 Å². The van der Waals surface area contributed by atoms with Gasteiger partial charge in [-0.2, -0.15) is 0 Å². The van der Waals surface area contributed by atoms with Crippen molar-refractivity contribution in [1.82, 2.24) is 5.32 Å². The molecule has 2 aromatic carbocycles. The topological polar surface area (TPSA) is 47.6 Å². The van der Waals surface area contributed by atoms with Crippen molar-refractivity contribution in [1.29, 1.82) is 0 Å². The minimum Gasteiger partial charge on any atom is -0.450 e. The van der Waals surface area contributed by atoms with Crippen LogP contribution in [0.25, 0.3) is 11.1 Å². The van der Waals surface area contributed by atoms with Gasteiger partial charge < -0.3 is 14.8 Å². The second-order valence-corrected chi connectivity index (χ2v) is 7.89. The zero-order valence-electron chi connectivity index (χ0n) is 16.0. The summed E-state index contributed by atoms with van der Waals surface area (Å²) in [4.78, 5) is 11.8. The molecule has 0 bridgehead atoms. The van der Waals surface area contributed by atoms with Crippen LogP contribution in [0, 0.1) is 5.82 Å². The van der Waals surface area contributed by atoms with E-state index in [1.165, 1.54) is 17.7 Å². The summed E-state index contributed by atoms with van der Waals surface area (Å²) < 4.78 is 24.4. The van der Waals surface area contributed by atoms with E-state index in [-0.39, 0.29) is 17.3 Å². The molecule has 0 aromatic heterocycles. The lowest BCUT2D eigenvalue weighted by molar-refractivity contribution is 0.0783. The Kier molecular flexibility index (Phi) is 5.80. The number of amides is 1. The molecule has 1 heterocycles. The summed E-state index contributed by atoms with van der Waals surface area (Å²) in [6.45, 7) is 7.20. The summed E-state index contributed by atoms with van der Waals surface area (Å²) in [7, 11) is 0. The van der Waals surface area contributed by atoms with E-state index in [1.807, 2.05) is 32.9 Å². The SMILES string of the molecule is CC(C)(C)NC(=O)OCCC1COCc2c(-c3ccc(F)cc3)cccc21. The molecule has 0 saturated carbocycles. The molecule has 1 aliphatic heterocycles. The molecule has 27 heavy (non-hydrogen) atoms. The summed E-state index contributed by atoms with van der Waals surface area (Å²) >= 11 is 0. The molecular weight excluding hydrogens is 345 g/mol. The Morgan fingerprint density at radius 1 is 1.22 bits per heavy atom. The van der Waals surface area contributed by atoms with Gasteiger partial charge in [0.25, 0.3) is 0 Å². The minimum atomic E-state index is -0.403. The Bertz CT molecular complexity index is 796.